The molecule has 5 rings (SSSR count). The minimum absolute atomic E-state index is 0.124. The summed E-state index contributed by atoms with van der Waals surface area (Å²) < 4.78 is 20.5. The summed E-state index contributed by atoms with van der Waals surface area (Å²) in [6.45, 7) is 5.75. The zero-order valence-corrected chi connectivity index (χ0v) is 23.6. The number of anilines is 1. The van der Waals surface area contributed by atoms with Gasteiger partial charge in [0.2, 0.25) is 0 Å². The Hall–Kier alpha value is -4.37. The highest BCUT2D eigenvalue weighted by Crippen LogP contribution is 2.40. The van der Waals surface area contributed by atoms with Crippen LogP contribution in [0.5, 0.6) is 0 Å². The molecular formula is C29H34FN9O2. The summed E-state index contributed by atoms with van der Waals surface area (Å²) in [7, 11) is 1.57. The van der Waals surface area contributed by atoms with E-state index in [1.54, 1.807) is 19.4 Å². The van der Waals surface area contributed by atoms with Crippen LogP contribution in [-0.4, -0.2) is 55.5 Å². The van der Waals surface area contributed by atoms with Crippen molar-refractivity contribution in [3.8, 4) is 11.9 Å². The fraction of sp³-hybridized carbons (Fsp3) is 0.448. The Labute approximate surface area is 237 Å². The Kier molecular flexibility index (Phi) is 7.99. The molecule has 41 heavy (non-hydrogen) atoms. The third-order valence-corrected chi connectivity index (χ3v) is 8.08. The van der Waals surface area contributed by atoms with Crippen molar-refractivity contribution in [3.05, 3.63) is 65.5 Å². The number of aryl methyl sites for hydroxylation is 1. The van der Waals surface area contributed by atoms with Crippen molar-refractivity contribution in [2.24, 2.45) is 16.8 Å². The number of methoxy groups -OCH3 is 1. The van der Waals surface area contributed by atoms with Crippen LogP contribution in [0.25, 0.3) is 5.82 Å². The lowest BCUT2D eigenvalue weighted by molar-refractivity contribution is -0.149. The van der Waals surface area contributed by atoms with Gasteiger partial charge in [0.25, 0.3) is 5.91 Å². The number of nitrogens with one attached hydrogen (secondary N) is 3. The number of aliphatic imine (C=N–C) groups is 1. The maximum Gasteiger partial charge on any atom is 0.252 e. The number of hydrogen-bond acceptors (Lipinski definition) is 8. The number of amides is 1. The monoisotopic (exact) mass is 559 g/mol. The van der Waals surface area contributed by atoms with E-state index in [0.29, 0.717) is 43.2 Å². The quantitative estimate of drug-likeness (QED) is 0.394. The van der Waals surface area contributed by atoms with Crippen LogP contribution in [0.4, 0.5) is 10.2 Å². The summed E-state index contributed by atoms with van der Waals surface area (Å²) >= 11 is 0. The molecule has 0 aromatic carbocycles. The molecule has 0 bridgehead atoms. The standard InChI is InChI=1S/C29H34FN9O2/c1-17-11-22(13-31)26(36-27(17)35-24-12-18(2)37-38-24)20-7-9-29(41-4,10-8-20)28(40)34-19(3)21-5-6-25(32-14-21)39-16-23(30)15-33-39/h5-6,11-12,14-16,19-20,22,26H,7-10H2,1-4H3,(H,34,40)(H2,35,36,37,38)/t19-,20-,22?,26?,29+/m0/s1. The first kappa shape index (κ1) is 28.2. The Morgan fingerprint density at radius 2 is 2.07 bits per heavy atom. The summed E-state index contributed by atoms with van der Waals surface area (Å²) in [6.07, 6.45) is 8.40. The molecular weight excluding hydrogens is 525 g/mol. The van der Waals surface area contributed by atoms with Crippen LogP contribution in [0, 0.1) is 35.9 Å². The molecule has 1 saturated carbocycles. The molecule has 11 nitrogen and oxygen atoms in total. The first-order chi connectivity index (χ1) is 19.7. The molecule has 3 aromatic heterocycles. The number of pyridine rings is 1. The minimum atomic E-state index is -0.968. The Morgan fingerprint density at radius 3 is 2.66 bits per heavy atom. The van der Waals surface area contributed by atoms with Gasteiger partial charge in [-0.2, -0.15) is 15.5 Å². The Morgan fingerprint density at radius 1 is 1.29 bits per heavy atom. The van der Waals surface area contributed by atoms with Crippen molar-refractivity contribution in [1.29, 1.82) is 5.26 Å². The number of carbonyl (C=O) groups is 1. The van der Waals surface area contributed by atoms with E-state index in [2.05, 4.69) is 37.0 Å². The van der Waals surface area contributed by atoms with Crippen molar-refractivity contribution in [1.82, 2.24) is 30.3 Å². The van der Waals surface area contributed by atoms with Gasteiger partial charge in [-0.1, -0.05) is 12.1 Å². The van der Waals surface area contributed by atoms with E-state index in [-0.39, 0.29) is 29.8 Å². The lowest BCUT2D eigenvalue weighted by Gasteiger charge is -2.41. The van der Waals surface area contributed by atoms with Gasteiger partial charge in [-0.05, 0) is 69.6 Å². The molecule has 0 spiro atoms. The Balaban J connectivity index is 1.23. The first-order valence-electron chi connectivity index (χ1n) is 13.7. The number of aromatic nitrogens is 5. The minimum Gasteiger partial charge on any atom is -0.368 e. The highest BCUT2D eigenvalue weighted by atomic mass is 19.1. The predicted octanol–water partition coefficient (Wildman–Crippen LogP) is 4.17. The van der Waals surface area contributed by atoms with Crippen LogP contribution >= 0.6 is 0 Å². The average Bonchev–Trinajstić information content (AvgIpc) is 3.61. The van der Waals surface area contributed by atoms with Gasteiger partial charge in [-0.3, -0.25) is 14.9 Å². The van der Waals surface area contributed by atoms with Crippen molar-refractivity contribution in [2.45, 2.75) is 64.1 Å². The van der Waals surface area contributed by atoms with E-state index in [0.717, 1.165) is 23.0 Å². The SMILES string of the molecule is CO[C@]1(C(=O)N[C@@H](C)c2ccc(-n3cc(F)cn3)nc2)CC[C@H](C2N=C(Nc3cc(C)[nH]n3)C(C)=CC2C#N)CC1. The molecule has 1 aliphatic carbocycles. The number of dihydropyridines is 1. The number of rotatable bonds is 7. The van der Waals surface area contributed by atoms with Gasteiger partial charge in [0, 0.05) is 25.1 Å². The van der Waals surface area contributed by atoms with Gasteiger partial charge in [-0.25, -0.2) is 14.1 Å². The number of halogens is 1. The number of hydrogen-bond donors (Lipinski definition) is 3. The van der Waals surface area contributed by atoms with Gasteiger partial charge >= 0.3 is 0 Å². The molecule has 2 unspecified atom stereocenters. The first-order valence-corrected chi connectivity index (χ1v) is 13.7. The lowest BCUT2D eigenvalue weighted by atomic mass is 9.72. The van der Waals surface area contributed by atoms with Crippen molar-refractivity contribution in [3.63, 3.8) is 0 Å². The Bertz CT molecular complexity index is 1490. The van der Waals surface area contributed by atoms with Gasteiger partial charge in [-0.15, -0.1) is 0 Å². The van der Waals surface area contributed by atoms with Crippen molar-refractivity contribution in [2.75, 3.05) is 12.4 Å². The third kappa shape index (κ3) is 5.90. The van der Waals surface area contributed by atoms with Gasteiger partial charge in [0.1, 0.15) is 11.4 Å². The fourth-order valence-electron chi connectivity index (χ4n) is 5.62. The number of ether oxygens (including phenoxy) is 1. The van der Waals surface area contributed by atoms with Crippen LogP contribution in [0.15, 0.2) is 53.4 Å². The molecule has 3 atom stereocenters. The number of H-pyrrole nitrogens is 1. The molecule has 1 aliphatic heterocycles. The highest BCUT2D eigenvalue weighted by Gasteiger charge is 2.45. The smallest absolute Gasteiger partial charge is 0.252 e. The predicted molar refractivity (Wildman–Crippen MR) is 151 cm³/mol. The molecule has 0 saturated heterocycles. The van der Waals surface area contributed by atoms with Crippen LogP contribution in [0.3, 0.4) is 0 Å². The van der Waals surface area contributed by atoms with E-state index in [9.17, 15) is 14.4 Å². The molecule has 3 N–H and O–H groups in total. The van der Waals surface area contributed by atoms with E-state index < -0.39 is 11.4 Å². The molecule has 0 radical (unpaired) electrons. The molecule has 2 aliphatic rings. The van der Waals surface area contributed by atoms with Crippen molar-refractivity contribution < 1.29 is 13.9 Å². The van der Waals surface area contributed by atoms with E-state index in [1.807, 2.05) is 39.0 Å². The second kappa shape index (κ2) is 11.6. The lowest BCUT2D eigenvalue weighted by Crippen LogP contribution is -2.52. The summed E-state index contributed by atoms with van der Waals surface area (Å²) in [5, 5.41) is 27.3. The summed E-state index contributed by atoms with van der Waals surface area (Å²) in [5.74, 6) is 1.02. The second-order valence-corrected chi connectivity index (χ2v) is 10.8. The van der Waals surface area contributed by atoms with Gasteiger partial charge in [0.05, 0.1) is 36.5 Å². The van der Waals surface area contributed by atoms with E-state index in [4.69, 9.17) is 9.73 Å². The second-order valence-electron chi connectivity index (χ2n) is 10.8. The molecule has 4 heterocycles. The van der Waals surface area contributed by atoms with E-state index in [1.165, 1.54) is 10.9 Å². The number of nitriles is 1. The number of nitrogens with zero attached hydrogens (tertiary/aromatic N) is 6. The number of amidine groups is 1. The van der Waals surface area contributed by atoms with Crippen LogP contribution < -0.4 is 10.6 Å². The summed E-state index contributed by atoms with van der Waals surface area (Å²) in [4.78, 5) is 22.8. The van der Waals surface area contributed by atoms with Crippen LogP contribution in [-0.2, 0) is 9.53 Å². The normalized spacial score (nSPS) is 25.0. The zero-order chi connectivity index (χ0) is 29.1. The maximum absolute atomic E-state index is 13.5. The average molecular weight is 560 g/mol. The molecule has 1 amide bonds. The third-order valence-electron chi connectivity index (χ3n) is 8.08. The summed E-state index contributed by atoms with van der Waals surface area (Å²) in [5.41, 5.74) is 1.68. The van der Waals surface area contributed by atoms with E-state index >= 15 is 0 Å². The van der Waals surface area contributed by atoms with Gasteiger partial charge in [0.15, 0.2) is 17.5 Å². The molecule has 12 heteroatoms. The number of aromatic amines is 1. The number of carbonyl (C=O) groups excluding carboxylic acids is 1. The van der Waals surface area contributed by atoms with Crippen LogP contribution in [0.2, 0.25) is 0 Å². The van der Waals surface area contributed by atoms with Crippen molar-refractivity contribution >= 4 is 17.6 Å². The molecule has 214 valence electrons. The van der Waals surface area contributed by atoms with Crippen LogP contribution in [0.1, 0.15) is 56.8 Å². The maximum atomic E-state index is 13.5. The highest BCUT2D eigenvalue weighted by molar-refractivity contribution is 6.07. The molecule has 3 aromatic rings. The zero-order valence-electron chi connectivity index (χ0n) is 23.6. The van der Waals surface area contributed by atoms with Gasteiger partial charge < -0.3 is 15.4 Å². The topological polar surface area (TPSA) is 146 Å². The summed E-state index contributed by atoms with van der Waals surface area (Å²) in [6, 6.07) is 7.33. The largest absolute Gasteiger partial charge is 0.368 e. The molecule has 1 fully saturated rings. The fourth-order valence-corrected chi connectivity index (χ4v) is 5.62.